The molecular weight excluding hydrogens is 317 g/mol. The molecule has 0 unspecified atom stereocenters. The standard InChI is InChI=1S/C12H18INO2/c1-4-9(14)5-8-6-12(16-3)10(13)7-11(8)15-2/h6-7,9H,4-5,14H2,1-3H3/t9-/m1/s1. The van der Waals surface area contributed by atoms with E-state index in [1.807, 2.05) is 12.1 Å². The molecule has 0 radical (unpaired) electrons. The molecule has 0 amide bonds. The third kappa shape index (κ3) is 3.25. The molecule has 0 aliphatic carbocycles. The molecule has 16 heavy (non-hydrogen) atoms. The molecule has 1 rings (SSSR count). The van der Waals surface area contributed by atoms with Crippen molar-refractivity contribution in [3.8, 4) is 11.5 Å². The summed E-state index contributed by atoms with van der Waals surface area (Å²) in [7, 11) is 3.35. The average Bonchev–Trinajstić information content (AvgIpc) is 2.30. The second kappa shape index (κ2) is 6.30. The van der Waals surface area contributed by atoms with E-state index in [4.69, 9.17) is 15.2 Å². The van der Waals surface area contributed by atoms with Crippen LogP contribution in [-0.4, -0.2) is 20.3 Å². The largest absolute Gasteiger partial charge is 0.496 e. The Bertz CT molecular complexity index is 355. The van der Waals surface area contributed by atoms with E-state index >= 15 is 0 Å². The molecule has 0 heterocycles. The van der Waals surface area contributed by atoms with Gasteiger partial charge in [-0.1, -0.05) is 6.92 Å². The predicted octanol–water partition coefficient (Wildman–Crippen LogP) is 2.59. The van der Waals surface area contributed by atoms with Crippen LogP contribution in [-0.2, 0) is 6.42 Å². The van der Waals surface area contributed by atoms with Gasteiger partial charge in [0.1, 0.15) is 11.5 Å². The molecule has 90 valence electrons. The minimum Gasteiger partial charge on any atom is -0.496 e. The van der Waals surface area contributed by atoms with Gasteiger partial charge in [-0.15, -0.1) is 0 Å². The second-order valence-electron chi connectivity index (χ2n) is 3.67. The number of benzene rings is 1. The monoisotopic (exact) mass is 335 g/mol. The zero-order valence-electron chi connectivity index (χ0n) is 9.92. The SMILES string of the molecule is CC[C@@H](N)Cc1cc(OC)c(I)cc1OC. The first-order chi connectivity index (χ1) is 7.62. The molecule has 0 saturated carbocycles. The third-order valence-corrected chi connectivity index (χ3v) is 3.40. The number of ether oxygens (including phenoxy) is 2. The number of halogens is 1. The van der Waals surface area contributed by atoms with Crippen LogP contribution < -0.4 is 15.2 Å². The summed E-state index contributed by atoms with van der Waals surface area (Å²) in [5.41, 5.74) is 7.07. The van der Waals surface area contributed by atoms with E-state index in [1.54, 1.807) is 14.2 Å². The second-order valence-corrected chi connectivity index (χ2v) is 4.83. The molecule has 4 heteroatoms. The summed E-state index contributed by atoms with van der Waals surface area (Å²) in [6, 6.07) is 4.16. The third-order valence-electron chi connectivity index (χ3n) is 2.56. The van der Waals surface area contributed by atoms with Crippen molar-refractivity contribution in [2.45, 2.75) is 25.8 Å². The fraction of sp³-hybridized carbons (Fsp3) is 0.500. The van der Waals surface area contributed by atoms with Crippen LogP contribution in [0.15, 0.2) is 12.1 Å². The lowest BCUT2D eigenvalue weighted by Crippen LogP contribution is -2.21. The van der Waals surface area contributed by atoms with Crippen LogP contribution in [0.5, 0.6) is 11.5 Å². The van der Waals surface area contributed by atoms with E-state index in [-0.39, 0.29) is 6.04 Å². The van der Waals surface area contributed by atoms with Crippen LogP contribution in [0, 0.1) is 3.57 Å². The van der Waals surface area contributed by atoms with Gasteiger partial charge in [-0.3, -0.25) is 0 Å². The number of hydrogen-bond acceptors (Lipinski definition) is 3. The van der Waals surface area contributed by atoms with E-state index in [0.29, 0.717) is 0 Å². The quantitative estimate of drug-likeness (QED) is 0.842. The zero-order valence-corrected chi connectivity index (χ0v) is 12.1. The fourth-order valence-electron chi connectivity index (χ4n) is 1.51. The number of rotatable bonds is 5. The van der Waals surface area contributed by atoms with E-state index in [0.717, 1.165) is 33.5 Å². The van der Waals surface area contributed by atoms with E-state index < -0.39 is 0 Å². The first kappa shape index (κ1) is 13.6. The summed E-state index contributed by atoms with van der Waals surface area (Å²) in [6.07, 6.45) is 1.77. The van der Waals surface area contributed by atoms with Gasteiger partial charge in [-0.05, 0) is 53.1 Å². The highest BCUT2D eigenvalue weighted by atomic mass is 127. The average molecular weight is 335 g/mol. The summed E-state index contributed by atoms with van der Waals surface area (Å²) >= 11 is 2.23. The van der Waals surface area contributed by atoms with Crippen molar-refractivity contribution in [1.82, 2.24) is 0 Å². The lowest BCUT2D eigenvalue weighted by atomic mass is 10.0. The minimum absolute atomic E-state index is 0.165. The zero-order chi connectivity index (χ0) is 12.1. The van der Waals surface area contributed by atoms with Gasteiger partial charge in [-0.2, -0.15) is 0 Å². The highest BCUT2D eigenvalue weighted by Crippen LogP contribution is 2.30. The Hall–Kier alpha value is -0.490. The summed E-state index contributed by atoms with van der Waals surface area (Å²) in [5.74, 6) is 1.76. The molecule has 0 fully saturated rings. The van der Waals surface area contributed by atoms with Crippen molar-refractivity contribution >= 4 is 22.6 Å². The first-order valence-electron chi connectivity index (χ1n) is 5.28. The van der Waals surface area contributed by atoms with Gasteiger partial charge < -0.3 is 15.2 Å². The van der Waals surface area contributed by atoms with Crippen molar-refractivity contribution in [2.75, 3.05) is 14.2 Å². The van der Waals surface area contributed by atoms with Crippen LogP contribution in [0.2, 0.25) is 0 Å². The highest BCUT2D eigenvalue weighted by molar-refractivity contribution is 14.1. The van der Waals surface area contributed by atoms with Gasteiger partial charge in [-0.25, -0.2) is 0 Å². The Balaban J connectivity index is 3.04. The molecule has 1 aromatic carbocycles. The highest BCUT2D eigenvalue weighted by Gasteiger charge is 2.11. The molecule has 0 bridgehead atoms. The molecule has 0 saturated heterocycles. The van der Waals surface area contributed by atoms with Crippen molar-refractivity contribution in [3.05, 3.63) is 21.3 Å². The molecule has 3 nitrogen and oxygen atoms in total. The van der Waals surface area contributed by atoms with Gasteiger partial charge in [0.2, 0.25) is 0 Å². The summed E-state index contributed by atoms with van der Waals surface area (Å²) < 4.78 is 11.7. The maximum absolute atomic E-state index is 5.96. The lowest BCUT2D eigenvalue weighted by Gasteiger charge is -2.15. The van der Waals surface area contributed by atoms with Crippen LogP contribution in [0.25, 0.3) is 0 Å². The maximum atomic E-state index is 5.96. The van der Waals surface area contributed by atoms with Crippen molar-refractivity contribution in [2.24, 2.45) is 5.73 Å². The molecular formula is C12H18INO2. The van der Waals surface area contributed by atoms with Gasteiger partial charge in [0.15, 0.2) is 0 Å². The van der Waals surface area contributed by atoms with Gasteiger partial charge >= 0.3 is 0 Å². The number of nitrogens with two attached hydrogens (primary N) is 1. The lowest BCUT2D eigenvalue weighted by molar-refractivity contribution is 0.394. The molecule has 2 N–H and O–H groups in total. The van der Waals surface area contributed by atoms with Crippen LogP contribution >= 0.6 is 22.6 Å². The Kier molecular flexibility index (Phi) is 5.34. The van der Waals surface area contributed by atoms with Gasteiger partial charge in [0.05, 0.1) is 17.8 Å². The van der Waals surface area contributed by atoms with Gasteiger partial charge in [0, 0.05) is 6.04 Å². The molecule has 1 atom stereocenters. The predicted molar refractivity (Wildman–Crippen MR) is 74.2 cm³/mol. The first-order valence-corrected chi connectivity index (χ1v) is 6.36. The van der Waals surface area contributed by atoms with Crippen LogP contribution in [0.4, 0.5) is 0 Å². The molecule has 0 spiro atoms. The Morgan fingerprint density at radius 3 is 2.38 bits per heavy atom. The minimum atomic E-state index is 0.165. The Morgan fingerprint density at radius 1 is 1.25 bits per heavy atom. The number of methoxy groups -OCH3 is 2. The maximum Gasteiger partial charge on any atom is 0.132 e. The summed E-state index contributed by atoms with van der Waals surface area (Å²) in [4.78, 5) is 0. The molecule has 0 aliphatic rings. The van der Waals surface area contributed by atoms with Crippen molar-refractivity contribution in [1.29, 1.82) is 0 Å². The van der Waals surface area contributed by atoms with Crippen molar-refractivity contribution in [3.63, 3.8) is 0 Å². The number of hydrogen-bond donors (Lipinski definition) is 1. The molecule has 0 aromatic heterocycles. The normalized spacial score (nSPS) is 12.3. The summed E-state index contributed by atoms with van der Waals surface area (Å²) in [5, 5.41) is 0. The van der Waals surface area contributed by atoms with Gasteiger partial charge in [0.25, 0.3) is 0 Å². The topological polar surface area (TPSA) is 44.5 Å². The van der Waals surface area contributed by atoms with Crippen molar-refractivity contribution < 1.29 is 9.47 Å². The molecule has 1 aromatic rings. The van der Waals surface area contributed by atoms with E-state index in [1.165, 1.54) is 0 Å². The van der Waals surface area contributed by atoms with E-state index in [9.17, 15) is 0 Å². The summed E-state index contributed by atoms with van der Waals surface area (Å²) in [6.45, 7) is 2.08. The van der Waals surface area contributed by atoms with Crippen LogP contribution in [0.1, 0.15) is 18.9 Å². The Morgan fingerprint density at radius 2 is 1.88 bits per heavy atom. The van der Waals surface area contributed by atoms with E-state index in [2.05, 4.69) is 29.5 Å². The fourth-order valence-corrected chi connectivity index (χ4v) is 2.17. The molecule has 0 aliphatic heterocycles. The Labute approximate surface area is 110 Å². The smallest absolute Gasteiger partial charge is 0.132 e. The van der Waals surface area contributed by atoms with Crippen LogP contribution in [0.3, 0.4) is 0 Å².